The monoisotopic (exact) mass is 158 g/mol. The van der Waals surface area contributed by atoms with Crippen molar-refractivity contribution >= 4 is 17.7 Å². The standard InChI is InChI=1S/Na.H3O4P.H3P.H/c;1-5(2,3)4;;/h;(H3,1,2,3,4);1H3;/q+1;;;-1/p+2. The van der Waals surface area contributed by atoms with Crippen LogP contribution in [-0.4, -0.2) is 14.7 Å². The molecule has 0 radical (unpaired) electrons. The molecule has 7 heteroatoms. The Hall–Kier alpha value is 1.54. The molecule has 4 nitrogen and oxygen atoms in total. The molecule has 7 heavy (non-hydrogen) atoms. The minimum Gasteiger partial charge on any atom is -1.00 e. The molecule has 0 aliphatic carbocycles. The van der Waals surface area contributed by atoms with Crippen LogP contribution in [0.15, 0.2) is 0 Å². The van der Waals surface area contributed by atoms with Crippen molar-refractivity contribution in [3.8, 4) is 0 Å². The van der Waals surface area contributed by atoms with Crippen molar-refractivity contribution in [3.63, 3.8) is 0 Å². The van der Waals surface area contributed by atoms with E-state index in [1.54, 1.807) is 0 Å². The number of hydrogen-bond acceptors (Lipinski definition) is 1. The fourth-order valence-electron chi connectivity index (χ4n) is 0. The Kier molecular flexibility index (Phi) is 12.8. The van der Waals surface area contributed by atoms with E-state index in [0.717, 1.165) is 0 Å². The summed E-state index contributed by atoms with van der Waals surface area (Å²) in [6.45, 7) is 0. The Morgan fingerprint density at radius 2 is 1.43 bits per heavy atom. The van der Waals surface area contributed by atoms with Crippen LogP contribution < -0.4 is 29.6 Å². The molecule has 0 spiro atoms. The van der Waals surface area contributed by atoms with Crippen LogP contribution in [-0.2, 0) is 4.57 Å². The van der Waals surface area contributed by atoms with E-state index < -0.39 is 7.82 Å². The summed E-state index contributed by atoms with van der Waals surface area (Å²) in [6.07, 6.45) is 0. The number of rotatable bonds is 0. The molecule has 0 fully saturated rings. The maximum Gasteiger partial charge on any atom is 1.00 e. The van der Waals surface area contributed by atoms with Crippen LogP contribution in [0.5, 0.6) is 0 Å². The van der Waals surface area contributed by atoms with Gasteiger partial charge in [-0.2, -0.15) is 9.90 Å². The van der Waals surface area contributed by atoms with Crippen molar-refractivity contribution in [1.29, 1.82) is 0 Å². The topological polar surface area (TPSA) is 77.8 Å². The van der Waals surface area contributed by atoms with Crippen molar-refractivity contribution in [3.05, 3.63) is 0 Å². The zero-order chi connectivity index (χ0) is 4.50. The van der Waals surface area contributed by atoms with Crippen molar-refractivity contribution in [2.24, 2.45) is 0 Å². The fourth-order valence-corrected chi connectivity index (χ4v) is 0. The minimum atomic E-state index is -4.64. The fraction of sp³-hybridized carbons (Fsp3) is 0. The summed E-state index contributed by atoms with van der Waals surface area (Å²) in [4.78, 5) is 21.6. The maximum absolute atomic E-state index is 8.88. The van der Waals surface area contributed by atoms with Crippen LogP contribution >= 0.6 is 17.7 Å². The van der Waals surface area contributed by atoms with E-state index in [2.05, 4.69) is 0 Å². The van der Waals surface area contributed by atoms with Crippen molar-refractivity contribution < 1.29 is 53.1 Å². The maximum atomic E-state index is 8.88. The van der Waals surface area contributed by atoms with E-state index >= 15 is 0 Å². The second-order valence-electron chi connectivity index (χ2n) is 0.513. The molecule has 1 atom stereocenters. The third kappa shape index (κ3) is 97.6. The minimum absolute atomic E-state index is 0. The summed E-state index contributed by atoms with van der Waals surface area (Å²) in [7, 11) is -4.64. The molecule has 1 unspecified atom stereocenters. The van der Waals surface area contributed by atoms with E-state index in [9.17, 15) is 0 Å². The van der Waals surface area contributed by atoms with Gasteiger partial charge in [-0.15, -0.1) is 0 Å². The van der Waals surface area contributed by atoms with Gasteiger partial charge >= 0.3 is 40.2 Å². The van der Waals surface area contributed by atoms with Gasteiger partial charge in [0.1, 0.15) is 0 Å². The summed E-state index contributed by atoms with van der Waals surface area (Å²) in [5.74, 6) is 0. The summed E-state index contributed by atoms with van der Waals surface area (Å²) < 4.78 is 8.88. The summed E-state index contributed by atoms with van der Waals surface area (Å²) in [5, 5.41) is 0. The van der Waals surface area contributed by atoms with E-state index in [-0.39, 0.29) is 43.7 Å². The van der Waals surface area contributed by atoms with E-state index in [1.807, 2.05) is 0 Å². The van der Waals surface area contributed by atoms with Gasteiger partial charge < -0.3 is 16.1 Å². The third-order valence-corrected chi connectivity index (χ3v) is 0. The van der Waals surface area contributed by atoms with Crippen molar-refractivity contribution in [2.45, 2.75) is 0 Å². The molecule has 3 N–H and O–H groups in total. The Labute approximate surface area is 70.9 Å². The van der Waals surface area contributed by atoms with Crippen LogP contribution in [0.25, 0.3) is 0 Å². The molecule has 42 valence electrons. The van der Waals surface area contributed by atoms with Gasteiger partial charge in [-0.05, 0) is 0 Å². The van der Waals surface area contributed by atoms with E-state index in [0.29, 0.717) is 0 Å². The van der Waals surface area contributed by atoms with Crippen LogP contribution in [0.2, 0.25) is 0 Å². The van der Waals surface area contributed by atoms with Gasteiger partial charge in [0.25, 0.3) is 0 Å². The molecular weight excluding hydrogens is 149 g/mol. The Bertz CT molecular complexity index is 64.6. The summed E-state index contributed by atoms with van der Waals surface area (Å²) >= 11 is 0. The molecule has 0 amide bonds. The first-order valence-electron chi connectivity index (χ1n) is 0.783. The van der Waals surface area contributed by atoms with Crippen LogP contribution in [0.4, 0.5) is 0 Å². The van der Waals surface area contributed by atoms with E-state index in [1.165, 1.54) is 0 Å². The molecule has 0 saturated heterocycles. The summed E-state index contributed by atoms with van der Waals surface area (Å²) in [5.41, 5.74) is 0. The molecule has 0 aromatic heterocycles. The van der Waals surface area contributed by atoms with E-state index in [4.69, 9.17) is 19.2 Å². The molecule has 0 aromatic rings. The van der Waals surface area contributed by atoms with Crippen LogP contribution in [0, 0.1) is 0 Å². The molecular formula is H9NaO4P2+2. The van der Waals surface area contributed by atoms with Gasteiger partial charge in [0.2, 0.25) is 0 Å². The predicted molar refractivity (Wildman–Crippen MR) is 28.7 cm³/mol. The van der Waals surface area contributed by atoms with Gasteiger partial charge in [-0.25, -0.2) is 4.57 Å². The molecule has 0 bridgehead atoms. The third-order valence-electron chi connectivity index (χ3n) is 0. The van der Waals surface area contributed by atoms with Crippen LogP contribution in [0.1, 0.15) is 4.28 Å². The molecule has 0 heterocycles. The van der Waals surface area contributed by atoms with Gasteiger partial charge in [-0.3, -0.25) is 0 Å². The largest absolute Gasteiger partial charge is 1.00 e. The first-order valence-corrected chi connectivity index (χ1v) is 2.35. The first kappa shape index (κ1) is 15.8. The molecule has 0 aromatic carbocycles. The van der Waals surface area contributed by atoms with Gasteiger partial charge in [0.05, 0.1) is 0 Å². The number of hydrogen-bond donors (Lipinski definition) is 3. The Morgan fingerprint density at radius 3 is 1.43 bits per heavy atom. The molecule has 0 saturated carbocycles. The summed E-state index contributed by atoms with van der Waals surface area (Å²) in [6, 6.07) is 0. The number of phosphoric acid groups is 1. The van der Waals surface area contributed by atoms with Gasteiger partial charge in [-0.1, -0.05) is 0 Å². The van der Waals surface area contributed by atoms with Gasteiger partial charge in [0.15, 0.2) is 0 Å². The molecule has 0 rings (SSSR count). The molecule has 0 aliphatic heterocycles. The van der Waals surface area contributed by atoms with Gasteiger partial charge in [0, 0.05) is 0 Å². The zero-order valence-electron chi connectivity index (χ0n) is 6.90. The second kappa shape index (κ2) is 5.67. The normalized spacial score (nSPS) is 8.43. The second-order valence-corrected chi connectivity index (χ2v) is 1.54. The van der Waals surface area contributed by atoms with Crippen molar-refractivity contribution in [1.82, 2.24) is 0 Å². The molecule has 0 aliphatic rings. The predicted octanol–water partition coefficient (Wildman–Crippen LogP) is -3.53. The average molecular weight is 158 g/mol. The SMILES string of the molecule is O=P(O)(O)O.P.[H+].[H+].[H-].[Na+]. The average Bonchev–Trinajstić information content (AvgIpc) is 0.722. The Balaban J connectivity index is -0.00000000800. The quantitative estimate of drug-likeness (QED) is 0.252. The van der Waals surface area contributed by atoms with Crippen LogP contribution in [0.3, 0.4) is 0 Å². The van der Waals surface area contributed by atoms with Crippen molar-refractivity contribution in [2.75, 3.05) is 0 Å². The smallest absolute Gasteiger partial charge is 1.00 e. The Morgan fingerprint density at radius 1 is 1.43 bits per heavy atom. The zero-order valence-corrected chi connectivity index (χ0v) is 8.21. The first-order chi connectivity index (χ1) is 2.00.